The highest BCUT2D eigenvalue weighted by molar-refractivity contribution is 9.10. The zero-order valence-electron chi connectivity index (χ0n) is 26.5. The van der Waals surface area contributed by atoms with Crippen LogP contribution >= 0.6 is 15.9 Å². The monoisotopic (exact) mass is 648 g/mol. The summed E-state index contributed by atoms with van der Waals surface area (Å²) >= 11 is 3.38. The second kappa shape index (κ2) is 17.8. The largest absolute Gasteiger partial charge is 0.466 e. The number of hydrogen-bond acceptors (Lipinski definition) is 8. The van der Waals surface area contributed by atoms with Gasteiger partial charge in [0.05, 0.1) is 13.2 Å². The number of carbonyl (C=O) groups excluding carboxylic acids is 4. The number of halogens is 1. The Kier molecular flexibility index (Phi) is 16.1. The maximum atomic E-state index is 12.0. The quantitative estimate of drug-likeness (QED) is 0.171. The van der Waals surface area contributed by atoms with Crippen LogP contribution in [0, 0.1) is 11.8 Å². The van der Waals surface area contributed by atoms with Crippen molar-refractivity contribution in [1.29, 1.82) is 0 Å². The SMILES string of the molecule is CCOC(=O)C(Br)CC1CCN(C(=O)OC(C)(C)C)CC1.CCOC(=O)CCC1CCN(C(=O)OC(C)(C)C)CC1. The van der Waals surface area contributed by atoms with Crippen LogP contribution in [0.5, 0.6) is 0 Å². The van der Waals surface area contributed by atoms with Crippen LogP contribution in [-0.2, 0) is 28.5 Å². The Morgan fingerprint density at radius 2 is 1.15 bits per heavy atom. The van der Waals surface area contributed by atoms with Gasteiger partial charge < -0.3 is 28.7 Å². The van der Waals surface area contributed by atoms with E-state index in [0.717, 1.165) is 38.5 Å². The molecule has 10 nitrogen and oxygen atoms in total. The van der Waals surface area contributed by atoms with E-state index in [9.17, 15) is 19.2 Å². The summed E-state index contributed by atoms with van der Waals surface area (Å²) < 4.78 is 20.6. The summed E-state index contributed by atoms with van der Waals surface area (Å²) in [5, 5.41) is 0. The van der Waals surface area contributed by atoms with Gasteiger partial charge in [0.15, 0.2) is 0 Å². The number of carbonyl (C=O) groups is 4. The van der Waals surface area contributed by atoms with E-state index < -0.39 is 11.2 Å². The average Bonchev–Trinajstić information content (AvgIpc) is 2.87. The van der Waals surface area contributed by atoms with E-state index >= 15 is 0 Å². The second-order valence-corrected chi connectivity index (χ2v) is 13.7. The molecule has 2 saturated heterocycles. The van der Waals surface area contributed by atoms with E-state index in [1.807, 2.05) is 48.5 Å². The number of likely N-dealkylation sites (tertiary alicyclic amines) is 2. The molecule has 2 fully saturated rings. The van der Waals surface area contributed by atoms with Gasteiger partial charge in [-0.05, 0) is 106 Å². The van der Waals surface area contributed by atoms with E-state index in [1.54, 1.807) is 16.7 Å². The Morgan fingerprint density at radius 3 is 1.54 bits per heavy atom. The van der Waals surface area contributed by atoms with Crippen molar-refractivity contribution in [3.05, 3.63) is 0 Å². The Hall–Kier alpha value is -2.04. The number of piperidine rings is 2. The number of ether oxygens (including phenoxy) is 4. The highest BCUT2D eigenvalue weighted by Gasteiger charge is 2.30. The van der Waals surface area contributed by atoms with Gasteiger partial charge in [-0.15, -0.1) is 0 Å². The fourth-order valence-electron chi connectivity index (χ4n) is 4.59. The molecule has 2 aliphatic rings. The van der Waals surface area contributed by atoms with Crippen molar-refractivity contribution in [3.63, 3.8) is 0 Å². The molecule has 0 radical (unpaired) electrons. The molecule has 2 amide bonds. The van der Waals surface area contributed by atoms with Gasteiger partial charge in [0.25, 0.3) is 0 Å². The highest BCUT2D eigenvalue weighted by atomic mass is 79.9. The van der Waals surface area contributed by atoms with Gasteiger partial charge in [-0.3, -0.25) is 9.59 Å². The predicted molar refractivity (Wildman–Crippen MR) is 161 cm³/mol. The molecular formula is C30H53BrN2O8. The standard InChI is InChI=1S/C15H26BrNO4.C15H27NO4/c1-5-20-13(18)12(16)10-11-6-8-17(9-7-11)14(19)21-15(2,3)4;1-5-19-13(17)7-6-12-8-10-16(11-9-12)14(18)20-15(2,3)4/h11-12H,5-10H2,1-4H3;12H,5-11H2,1-4H3. The predicted octanol–water partition coefficient (Wildman–Crippen LogP) is 6.33. The van der Waals surface area contributed by atoms with Crippen LogP contribution in [0.15, 0.2) is 0 Å². The normalized spacial score (nSPS) is 17.6. The van der Waals surface area contributed by atoms with Gasteiger partial charge in [0, 0.05) is 32.6 Å². The Balaban J connectivity index is 0.000000410. The van der Waals surface area contributed by atoms with Crippen LogP contribution in [0.4, 0.5) is 9.59 Å². The Bertz CT molecular complexity index is 823. The van der Waals surface area contributed by atoms with Crippen molar-refractivity contribution in [3.8, 4) is 0 Å². The first-order valence-corrected chi connectivity index (χ1v) is 15.9. The molecule has 0 aromatic rings. The third kappa shape index (κ3) is 16.3. The summed E-state index contributed by atoms with van der Waals surface area (Å²) in [6, 6.07) is 0. The van der Waals surface area contributed by atoms with Crippen LogP contribution in [0.3, 0.4) is 0 Å². The molecule has 0 saturated carbocycles. The topological polar surface area (TPSA) is 112 Å². The van der Waals surface area contributed by atoms with Crippen molar-refractivity contribution < 1.29 is 38.1 Å². The summed E-state index contributed by atoms with van der Waals surface area (Å²) in [7, 11) is 0. The molecule has 0 spiro atoms. The second-order valence-electron chi connectivity index (χ2n) is 12.6. The first-order chi connectivity index (χ1) is 19.0. The maximum Gasteiger partial charge on any atom is 0.410 e. The van der Waals surface area contributed by atoms with E-state index in [4.69, 9.17) is 18.9 Å². The van der Waals surface area contributed by atoms with Gasteiger partial charge in [-0.2, -0.15) is 0 Å². The smallest absolute Gasteiger partial charge is 0.410 e. The molecule has 0 bridgehead atoms. The maximum absolute atomic E-state index is 12.0. The number of amides is 2. The molecule has 238 valence electrons. The third-order valence-electron chi connectivity index (χ3n) is 6.68. The molecule has 0 aliphatic carbocycles. The number of rotatable bonds is 8. The molecule has 0 N–H and O–H groups in total. The summed E-state index contributed by atoms with van der Waals surface area (Å²) in [4.78, 5) is 50.0. The zero-order valence-corrected chi connectivity index (χ0v) is 28.0. The van der Waals surface area contributed by atoms with Crippen molar-refractivity contribution in [2.75, 3.05) is 39.4 Å². The van der Waals surface area contributed by atoms with Crippen LogP contribution in [0.25, 0.3) is 0 Å². The minimum atomic E-state index is -0.460. The molecule has 2 aliphatic heterocycles. The van der Waals surface area contributed by atoms with Gasteiger partial charge >= 0.3 is 24.1 Å². The first-order valence-electron chi connectivity index (χ1n) is 15.0. The summed E-state index contributed by atoms with van der Waals surface area (Å²) in [6.07, 6.45) is 5.23. The number of nitrogens with zero attached hydrogens (tertiary/aromatic N) is 2. The molecule has 0 aromatic heterocycles. The lowest BCUT2D eigenvalue weighted by molar-refractivity contribution is -0.144. The fourth-order valence-corrected chi connectivity index (χ4v) is 5.25. The van der Waals surface area contributed by atoms with Crippen molar-refractivity contribution >= 4 is 40.1 Å². The first kappa shape index (κ1) is 37.0. The molecular weight excluding hydrogens is 596 g/mol. The minimum Gasteiger partial charge on any atom is -0.466 e. The van der Waals surface area contributed by atoms with Gasteiger partial charge in [-0.1, -0.05) is 15.9 Å². The van der Waals surface area contributed by atoms with E-state index in [2.05, 4.69) is 15.9 Å². The molecule has 2 heterocycles. The molecule has 1 unspecified atom stereocenters. The lowest BCUT2D eigenvalue weighted by atomic mass is 9.92. The van der Waals surface area contributed by atoms with Crippen LogP contribution < -0.4 is 0 Å². The highest BCUT2D eigenvalue weighted by Crippen LogP contribution is 2.26. The minimum absolute atomic E-state index is 0.123. The van der Waals surface area contributed by atoms with Crippen LogP contribution in [-0.4, -0.2) is 89.3 Å². The van der Waals surface area contributed by atoms with Gasteiger partial charge in [0.2, 0.25) is 0 Å². The summed E-state index contributed by atoms with van der Waals surface area (Å²) in [6.45, 7) is 18.5. The Morgan fingerprint density at radius 1 is 0.732 bits per heavy atom. The van der Waals surface area contributed by atoms with Gasteiger partial charge in [0.1, 0.15) is 16.0 Å². The Labute approximate surface area is 255 Å². The summed E-state index contributed by atoms with van der Waals surface area (Å²) in [5.41, 5.74) is -0.906. The van der Waals surface area contributed by atoms with Crippen molar-refractivity contribution in [1.82, 2.24) is 9.80 Å². The fraction of sp³-hybridized carbons (Fsp3) is 0.867. The molecule has 0 aromatic carbocycles. The van der Waals surface area contributed by atoms with E-state index in [0.29, 0.717) is 57.6 Å². The van der Waals surface area contributed by atoms with Crippen LogP contribution in [0.2, 0.25) is 0 Å². The van der Waals surface area contributed by atoms with Crippen LogP contribution in [0.1, 0.15) is 100 Å². The number of esters is 2. The van der Waals surface area contributed by atoms with Crippen molar-refractivity contribution in [2.24, 2.45) is 11.8 Å². The van der Waals surface area contributed by atoms with Crippen molar-refractivity contribution in [2.45, 2.75) is 116 Å². The third-order valence-corrected chi connectivity index (χ3v) is 7.42. The zero-order chi connectivity index (χ0) is 31.2. The molecule has 11 heteroatoms. The van der Waals surface area contributed by atoms with Gasteiger partial charge in [-0.25, -0.2) is 9.59 Å². The summed E-state index contributed by atoms with van der Waals surface area (Å²) in [5.74, 6) is 0.602. The molecule has 2 rings (SSSR count). The number of hydrogen-bond donors (Lipinski definition) is 0. The van der Waals surface area contributed by atoms with E-state index in [-0.39, 0.29) is 29.0 Å². The number of alkyl halides is 1. The molecule has 41 heavy (non-hydrogen) atoms. The lowest BCUT2D eigenvalue weighted by Gasteiger charge is -2.33. The molecule has 1 atom stereocenters. The average molecular weight is 650 g/mol. The lowest BCUT2D eigenvalue weighted by Crippen LogP contribution is -2.42. The van der Waals surface area contributed by atoms with E-state index in [1.165, 1.54) is 0 Å².